The van der Waals surface area contributed by atoms with E-state index < -0.39 is 18.3 Å². The van der Waals surface area contributed by atoms with Crippen molar-refractivity contribution in [2.24, 2.45) is 0 Å². The van der Waals surface area contributed by atoms with Crippen molar-refractivity contribution in [1.82, 2.24) is 4.90 Å². The number of alkyl halides is 4. The lowest BCUT2D eigenvalue weighted by molar-refractivity contribution is -0.179. The summed E-state index contributed by atoms with van der Waals surface area (Å²) in [5.74, 6) is -6.76. The second-order valence-corrected chi connectivity index (χ2v) is 3.75. The largest absolute Gasteiger partial charge is 0.508 e. The van der Waals surface area contributed by atoms with Gasteiger partial charge in [-0.1, -0.05) is 12.1 Å². The van der Waals surface area contributed by atoms with Crippen molar-refractivity contribution in [2.45, 2.75) is 18.9 Å². The summed E-state index contributed by atoms with van der Waals surface area (Å²) >= 11 is 0. The van der Waals surface area contributed by atoms with E-state index in [2.05, 4.69) is 0 Å². The van der Waals surface area contributed by atoms with Crippen molar-refractivity contribution in [3.63, 3.8) is 0 Å². The molecule has 1 rings (SSSR count). The molecule has 0 aliphatic rings. The molecule has 1 aromatic carbocycles. The molecule has 0 spiro atoms. The number of carbonyl (C=O) groups is 1. The smallest absolute Gasteiger partial charge is 0.383 e. The highest BCUT2D eigenvalue weighted by Gasteiger charge is 2.50. The Balaban J connectivity index is 2.77. The van der Waals surface area contributed by atoms with E-state index in [0.29, 0.717) is 10.5 Å². The molecule has 1 amide bonds. The second kappa shape index (κ2) is 5.24. The van der Waals surface area contributed by atoms with Crippen LogP contribution in [0, 0.1) is 0 Å². The van der Waals surface area contributed by atoms with Crippen LogP contribution < -0.4 is 0 Å². The van der Waals surface area contributed by atoms with Crippen LogP contribution in [0.25, 0.3) is 0 Å². The topological polar surface area (TPSA) is 40.5 Å². The number of hydrogen-bond donors (Lipinski definition) is 1. The van der Waals surface area contributed by atoms with Gasteiger partial charge in [0.25, 0.3) is 5.91 Å². The minimum absolute atomic E-state index is 0.103. The van der Waals surface area contributed by atoms with Gasteiger partial charge in [-0.3, -0.25) is 4.79 Å². The highest BCUT2D eigenvalue weighted by Crippen LogP contribution is 2.25. The van der Waals surface area contributed by atoms with Gasteiger partial charge < -0.3 is 10.0 Å². The number of nitrogens with zero attached hydrogens (tertiary/aromatic N) is 1. The van der Waals surface area contributed by atoms with Crippen LogP contribution in [0.15, 0.2) is 24.3 Å². The summed E-state index contributed by atoms with van der Waals surface area (Å²) in [6.07, 6.45) is -4.04. The predicted octanol–water partition coefficient (Wildman–Crippen LogP) is 2.25. The molecule has 0 saturated heterocycles. The van der Waals surface area contributed by atoms with Crippen molar-refractivity contribution in [3.8, 4) is 5.75 Å². The summed E-state index contributed by atoms with van der Waals surface area (Å²) in [5.41, 5.74) is 0.357. The monoisotopic (exact) mass is 265 g/mol. The zero-order valence-electron chi connectivity index (χ0n) is 9.41. The van der Waals surface area contributed by atoms with E-state index in [1.165, 1.54) is 24.3 Å². The number of amides is 1. The number of hydrogen-bond acceptors (Lipinski definition) is 2. The molecule has 0 unspecified atom stereocenters. The molecule has 7 heteroatoms. The molecule has 1 aromatic rings. The molecular weight excluding hydrogens is 254 g/mol. The summed E-state index contributed by atoms with van der Waals surface area (Å²) in [4.78, 5) is 11.6. The first-order chi connectivity index (χ1) is 8.25. The van der Waals surface area contributed by atoms with E-state index in [1.807, 2.05) is 0 Å². The number of halogens is 4. The Morgan fingerprint density at radius 2 is 2.06 bits per heavy atom. The number of rotatable bonds is 4. The van der Waals surface area contributed by atoms with Gasteiger partial charge >= 0.3 is 12.3 Å². The van der Waals surface area contributed by atoms with Crippen molar-refractivity contribution in [2.75, 3.05) is 7.05 Å². The number of phenols is 1. The van der Waals surface area contributed by atoms with E-state index in [4.69, 9.17) is 5.11 Å². The summed E-state index contributed by atoms with van der Waals surface area (Å²) in [5, 5.41) is 9.14. The fourth-order valence-corrected chi connectivity index (χ4v) is 1.35. The average molecular weight is 265 g/mol. The van der Waals surface area contributed by atoms with E-state index >= 15 is 0 Å². The van der Waals surface area contributed by atoms with Crippen LogP contribution in [-0.4, -0.2) is 35.3 Å². The lowest BCUT2D eigenvalue weighted by Gasteiger charge is -2.22. The molecule has 0 atom stereocenters. The molecule has 1 N–H and O–H groups in total. The van der Waals surface area contributed by atoms with E-state index in [9.17, 15) is 22.4 Å². The van der Waals surface area contributed by atoms with Gasteiger partial charge in [0.05, 0.1) is 0 Å². The lowest BCUT2D eigenvalue weighted by atomic mass is 10.2. The molecule has 0 aromatic heterocycles. The van der Waals surface area contributed by atoms with Crippen LogP contribution in [0.1, 0.15) is 5.56 Å². The minimum atomic E-state index is -4.70. The summed E-state index contributed by atoms with van der Waals surface area (Å²) in [6.45, 7) is -0.296. The molecule has 0 saturated carbocycles. The van der Waals surface area contributed by atoms with Gasteiger partial charge in [0.1, 0.15) is 5.75 Å². The van der Waals surface area contributed by atoms with Crippen LogP contribution in [0.4, 0.5) is 17.6 Å². The first-order valence-corrected chi connectivity index (χ1v) is 4.94. The molecule has 0 fully saturated rings. The predicted molar refractivity (Wildman–Crippen MR) is 55.5 cm³/mol. The molecule has 0 heterocycles. The second-order valence-electron chi connectivity index (χ2n) is 3.75. The normalized spacial score (nSPS) is 11.7. The fraction of sp³-hybridized carbons (Fsp3) is 0.364. The van der Waals surface area contributed by atoms with Crippen LogP contribution in [-0.2, 0) is 11.3 Å². The Labute approximate surface area is 101 Å². The maximum absolute atomic E-state index is 12.8. The molecule has 0 aliphatic heterocycles. The molecule has 3 nitrogen and oxygen atoms in total. The Morgan fingerprint density at radius 3 is 2.56 bits per heavy atom. The zero-order valence-corrected chi connectivity index (χ0v) is 9.41. The first kappa shape index (κ1) is 14.3. The van der Waals surface area contributed by atoms with Crippen molar-refractivity contribution in [3.05, 3.63) is 29.8 Å². The molecule has 0 bridgehead atoms. The third kappa shape index (κ3) is 3.12. The van der Waals surface area contributed by atoms with Crippen LogP contribution in [0.2, 0.25) is 0 Å². The van der Waals surface area contributed by atoms with Crippen molar-refractivity contribution < 1.29 is 27.5 Å². The van der Waals surface area contributed by atoms with E-state index in [-0.39, 0.29) is 12.3 Å². The lowest BCUT2D eigenvalue weighted by Crippen LogP contribution is -2.45. The summed E-state index contributed by atoms with van der Waals surface area (Å²) < 4.78 is 49.5. The average Bonchev–Trinajstić information content (AvgIpc) is 2.27. The SMILES string of the molecule is CN(Cc1cccc(O)c1)C(=O)C(F)(F)C(F)F. The summed E-state index contributed by atoms with van der Waals surface area (Å²) in [7, 11) is 0.989. The maximum Gasteiger partial charge on any atom is 0.383 e. The number of aromatic hydroxyl groups is 1. The Morgan fingerprint density at radius 1 is 1.44 bits per heavy atom. The Hall–Kier alpha value is -1.79. The molecular formula is C11H11F4NO2. The number of benzene rings is 1. The zero-order chi connectivity index (χ0) is 13.9. The van der Waals surface area contributed by atoms with Crippen LogP contribution >= 0.6 is 0 Å². The highest BCUT2D eigenvalue weighted by atomic mass is 19.3. The van der Waals surface area contributed by atoms with E-state index in [1.54, 1.807) is 0 Å². The molecule has 0 radical (unpaired) electrons. The van der Waals surface area contributed by atoms with Gasteiger partial charge in [0, 0.05) is 13.6 Å². The first-order valence-electron chi connectivity index (χ1n) is 4.94. The quantitative estimate of drug-likeness (QED) is 0.848. The fourth-order valence-electron chi connectivity index (χ4n) is 1.35. The third-order valence-corrected chi connectivity index (χ3v) is 2.24. The van der Waals surface area contributed by atoms with Crippen molar-refractivity contribution >= 4 is 5.91 Å². The number of carbonyl (C=O) groups excluding carboxylic acids is 1. The Bertz CT molecular complexity index is 437. The van der Waals surface area contributed by atoms with Crippen molar-refractivity contribution in [1.29, 1.82) is 0 Å². The minimum Gasteiger partial charge on any atom is -0.508 e. The molecule has 100 valence electrons. The van der Waals surface area contributed by atoms with Gasteiger partial charge in [-0.15, -0.1) is 0 Å². The third-order valence-electron chi connectivity index (χ3n) is 2.24. The van der Waals surface area contributed by atoms with Crippen LogP contribution in [0.3, 0.4) is 0 Å². The van der Waals surface area contributed by atoms with Gasteiger partial charge in [-0.2, -0.15) is 8.78 Å². The standard InChI is InChI=1S/C11H11F4NO2/c1-16(10(18)11(14,15)9(12)13)6-7-3-2-4-8(17)5-7/h2-5,9,17H,6H2,1H3. The summed E-state index contributed by atoms with van der Waals surface area (Å²) in [6, 6.07) is 5.54. The van der Waals surface area contributed by atoms with Gasteiger partial charge in [0.2, 0.25) is 0 Å². The molecule has 18 heavy (non-hydrogen) atoms. The van der Waals surface area contributed by atoms with Gasteiger partial charge in [-0.05, 0) is 17.7 Å². The Kier molecular flexibility index (Phi) is 4.15. The van der Waals surface area contributed by atoms with Gasteiger partial charge in [-0.25, -0.2) is 8.78 Å². The highest BCUT2D eigenvalue weighted by molar-refractivity contribution is 5.83. The maximum atomic E-state index is 12.8. The number of phenolic OH excluding ortho intramolecular Hbond substituents is 1. The van der Waals surface area contributed by atoms with E-state index in [0.717, 1.165) is 7.05 Å². The molecule has 0 aliphatic carbocycles. The van der Waals surface area contributed by atoms with Crippen LogP contribution in [0.5, 0.6) is 5.75 Å². The van der Waals surface area contributed by atoms with Gasteiger partial charge in [0.15, 0.2) is 0 Å².